The maximum atomic E-state index is 5.44. The van der Waals surface area contributed by atoms with Gasteiger partial charge in [0.1, 0.15) is 0 Å². The van der Waals surface area contributed by atoms with Gasteiger partial charge in [-0.05, 0) is 73.3 Å². The van der Waals surface area contributed by atoms with Crippen molar-refractivity contribution in [1.29, 1.82) is 0 Å². The van der Waals surface area contributed by atoms with Gasteiger partial charge in [0, 0.05) is 11.7 Å². The Morgan fingerprint density at radius 2 is 1.67 bits per heavy atom. The normalized spacial score (nSPS) is 13.8. The van der Waals surface area contributed by atoms with Crippen molar-refractivity contribution in [3.8, 4) is 0 Å². The van der Waals surface area contributed by atoms with Gasteiger partial charge in [-0.2, -0.15) is 0 Å². The van der Waals surface area contributed by atoms with Crippen LogP contribution in [-0.4, -0.2) is 11.2 Å². The molecule has 0 aliphatic heterocycles. The fourth-order valence-corrected chi connectivity index (χ4v) is 3.12. The lowest BCUT2D eigenvalue weighted by Crippen LogP contribution is -2.38. The molecule has 0 bridgehead atoms. The highest BCUT2D eigenvalue weighted by molar-refractivity contribution is 7.80. The summed E-state index contributed by atoms with van der Waals surface area (Å²) in [5, 5.41) is 7.42. The minimum atomic E-state index is 0.397. The topological polar surface area (TPSA) is 24.1 Å². The summed E-state index contributed by atoms with van der Waals surface area (Å²) in [6.07, 6.45) is 2.09. The van der Waals surface area contributed by atoms with Gasteiger partial charge in [-0.15, -0.1) is 0 Å². The van der Waals surface area contributed by atoms with Gasteiger partial charge in [0.25, 0.3) is 0 Å². The van der Waals surface area contributed by atoms with E-state index in [1.165, 1.54) is 22.3 Å². The summed E-state index contributed by atoms with van der Waals surface area (Å²) >= 11 is 5.44. The molecule has 21 heavy (non-hydrogen) atoms. The second kappa shape index (κ2) is 5.86. The van der Waals surface area contributed by atoms with Crippen LogP contribution in [-0.2, 0) is 12.8 Å². The minimum Gasteiger partial charge on any atom is -0.359 e. The summed E-state index contributed by atoms with van der Waals surface area (Å²) in [6, 6.07) is 15.3. The maximum Gasteiger partial charge on any atom is 0.171 e. The molecule has 1 aliphatic carbocycles. The van der Waals surface area contributed by atoms with Crippen molar-refractivity contribution in [2.24, 2.45) is 0 Å². The lowest BCUT2D eigenvalue weighted by atomic mass is 10.1. The summed E-state index contributed by atoms with van der Waals surface area (Å²) in [6.45, 7) is 4.23. The molecule has 0 amide bonds. The van der Waals surface area contributed by atoms with E-state index in [9.17, 15) is 0 Å². The van der Waals surface area contributed by atoms with Crippen molar-refractivity contribution < 1.29 is 0 Å². The molecule has 108 valence electrons. The molecule has 0 saturated heterocycles. The second-order valence-corrected chi connectivity index (χ2v) is 6.18. The fraction of sp³-hybridized carbons (Fsp3) is 0.278. The van der Waals surface area contributed by atoms with Crippen LogP contribution < -0.4 is 10.6 Å². The van der Waals surface area contributed by atoms with E-state index in [1.807, 2.05) is 0 Å². The number of benzene rings is 2. The number of rotatable bonds is 2. The number of hydrogen-bond donors (Lipinski definition) is 2. The zero-order chi connectivity index (χ0) is 14.8. The van der Waals surface area contributed by atoms with E-state index in [4.69, 9.17) is 12.2 Å². The highest BCUT2D eigenvalue weighted by atomic mass is 32.1. The molecule has 0 aromatic heterocycles. The zero-order valence-corrected chi connectivity index (χ0v) is 13.3. The molecule has 3 rings (SSSR count). The molecule has 2 nitrogen and oxygen atoms in total. The molecule has 0 heterocycles. The molecule has 3 heteroatoms. The van der Waals surface area contributed by atoms with Crippen LogP contribution in [0.1, 0.15) is 22.3 Å². The monoisotopic (exact) mass is 296 g/mol. The number of hydrogen-bond acceptors (Lipinski definition) is 1. The van der Waals surface area contributed by atoms with Crippen molar-refractivity contribution in [2.45, 2.75) is 32.7 Å². The Morgan fingerprint density at radius 1 is 1.00 bits per heavy atom. The Morgan fingerprint density at radius 3 is 2.29 bits per heavy atom. The average molecular weight is 296 g/mol. The van der Waals surface area contributed by atoms with Gasteiger partial charge in [0.2, 0.25) is 0 Å². The fourth-order valence-electron chi connectivity index (χ4n) is 2.83. The molecule has 0 saturated carbocycles. The van der Waals surface area contributed by atoms with Crippen LogP contribution in [0.2, 0.25) is 0 Å². The van der Waals surface area contributed by atoms with Gasteiger partial charge in [-0.25, -0.2) is 0 Å². The molecule has 2 N–H and O–H groups in total. The van der Waals surface area contributed by atoms with Crippen LogP contribution in [0.15, 0.2) is 42.5 Å². The molecule has 2 aromatic rings. The van der Waals surface area contributed by atoms with E-state index in [-0.39, 0.29) is 0 Å². The van der Waals surface area contributed by atoms with Crippen LogP contribution in [0.25, 0.3) is 0 Å². The van der Waals surface area contributed by atoms with Gasteiger partial charge >= 0.3 is 0 Å². The van der Waals surface area contributed by atoms with Crippen LogP contribution >= 0.6 is 12.2 Å². The van der Waals surface area contributed by atoms with E-state index >= 15 is 0 Å². The predicted molar refractivity (Wildman–Crippen MR) is 92.9 cm³/mol. The maximum absolute atomic E-state index is 5.44. The molecular weight excluding hydrogens is 276 g/mol. The molecular formula is C18H20N2S. The Hall–Kier alpha value is -1.87. The van der Waals surface area contributed by atoms with Crippen molar-refractivity contribution in [2.75, 3.05) is 5.32 Å². The predicted octanol–water partition coefficient (Wildman–Crippen LogP) is 3.76. The summed E-state index contributed by atoms with van der Waals surface area (Å²) < 4.78 is 0. The van der Waals surface area contributed by atoms with E-state index in [2.05, 4.69) is 66.9 Å². The third-order valence-electron chi connectivity index (χ3n) is 4.15. The minimum absolute atomic E-state index is 0.397. The van der Waals surface area contributed by atoms with Crippen LogP contribution in [0.5, 0.6) is 0 Å². The Kier molecular flexibility index (Phi) is 3.93. The summed E-state index contributed by atoms with van der Waals surface area (Å²) in [5.74, 6) is 0. The van der Waals surface area contributed by atoms with E-state index in [1.54, 1.807) is 0 Å². The lowest BCUT2D eigenvalue weighted by molar-refractivity contribution is 0.648. The van der Waals surface area contributed by atoms with E-state index in [0.717, 1.165) is 18.5 Å². The molecule has 0 atom stereocenters. The number of nitrogens with one attached hydrogen (secondary N) is 2. The average Bonchev–Trinajstić information content (AvgIpc) is 2.84. The first-order valence-electron chi connectivity index (χ1n) is 7.33. The van der Waals surface area contributed by atoms with Crippen molar-refractivity contribution in [3.05, 3.63) is 64.7 Å². The first-order valence-corrected chi connectivity index (χ1v) is 7.74. The van der Waals surface area contributed by atoms with Crippen molar-refractivity contribution in [1.82, 2.24) is 5.32 Å². The molecule has 0 radical (unpaired) electrons. The summed E-state index contributed by atoms with van der Waals surface area (Å²) in [7, 11) is 0. The Labute approximate surface area is 131 Å². The Bertz CT molecular complexity index is 654. The number of thiocarbonyl (C=S) groups is 1. The van der Waals surface area contributed by atoms with Gasteiger partial charge in [0.05, 0.1) is 0 Å². The second-order valence-electron chi connectivity index (χ2n) is 5.77. The third-order valence-corrected chi connectivity index (χ3v) is 4.37. The SMILES string of the molecule is Cc1ccc(NC(=S)NC2Cc3ccccc3C2)cc1C. The number of aryl methyl sites for hydroxylation is 2. The number of fused-ring (bicyclic) bond motifs is 1. The summed E-state index contributed by atoms with van der Waals surface area (Å²) in [5.41, 5.74) is 6.49. The standard InChI is InChI=1S/C18H20N2S/c1-12-7-8-16(9-13(12)2)19-18(21)20-17-10-14-5-3-4-6-15(14)11-17/h3-9,17H,10-11H2,1-2H3,(H2,19,20,21). The van der Waals surface area contributed by atoms with Gasteiger partial charge < -0.3 is 10.6 Å². The first-order chi connectivity index (χ1) is 10.1. The largest absolute Gasteiger partial charge is 0.359 e. The highest BCUT2D eigenvalue weighted by Crippen LogP contribution is 2.22. The van der Waals surface area contributed by atoms with Crippen LogP contribution in [0.4, 0.5) is 5.69 Å². The first kappa shape index (κ1) is 14.1. The van der Waals surface area contributed by atoms with Crippen LogP contribution in [0.3, 0.4) is 0 Å². The van der Waals surface area contributed by atoms with Gasteiger partial charge in [0.15, 0.2) is 5.11 Å². The molecule has 2 aromatic carbocycles. The van der Waals surface area contributed by atoms with Crippen molar-refractivity contribution in [3.63, 3.8) is 0 Å². The molecule has 0 fully saturated rings. The smallest absolute Gasteiger partial charge is 0.171 e. The van der Waals surface area contributed by atoms with Crippen molar-refractivity contribution >= 4 is 23.0 Å². The molecule has 0 unspecified atom stereocenters. The van der Waals surface area contributed by atoms with Gasteiger partial charge in [-0.3, -0.25) is 0 Å². The van der Waals surface area contributed by atoms with E-state index < -0.39 is 0 Å². The lowest BCUT2D eigenvalue weighted by Gasteiger charge is -2.16. The zero-order valence-electron chi connectivity index (χ0n) is 12.4. The highest BCUT2D eigenvalue weighted by Gasteiger charge is 2.21. The quantitative estimate of drug-likeness (QED) is 0.825. The third kappa shape index (κ3) is 3.24. The summed E-state index contributed by atoms with van der Waals surface area (Å²) in [4.78, 5) is 0. The number of anilines is 1. The molecule has 0 spiro atoms. The Balaban J connectivity index is 1.59. The van der Waals surface area contributed by atoms with Crippen LogP contribution in [0, 0.1) is 13.8 Å². The molecule has 1 aliphatic rings. The van der Waals surface area contributed by atoms with Gasteiger partial charge in [-0.1, -0.05) is 30.3 Å². The van der Waals surface area contributed by atoms with E-state index in [0.29, 0.717) is 11.2 Å².